The molecule has 1 aliphatic rings. The second-order valence-corrected chi connectivity index (χ2v) is 9.59. The fourth-order valence-electron chi connectivity index (χ4n) is 3.59. The molecule has 0 saturated heterocycles. The third kappa shape index (κ3) is 4.08. The zero-order valence-electron chi connectivity index (χ0n) is 16.2. The van der Waals surface area contributed by atoms with Crippen molar-refractivity contribution in [3.8, 4) is 0 Å². The Morgan fingerprint density at radius 3 is 2.93 bits per heavy atom. The van der Waals surface area contributed by atoms with Gasteiger partial charge in [0.05, 0.1) is 0 Å². The minimum Gasteiger partial charge on any atom is -0.460 e. The zero-order chi connectivity index (χ0) is 19.5. The van der Waals surface area contributed by atoms with Gasteiger partial charge in [0.15, 0.2) is 0 Å². The molecule has 4 rings (SSSR count). The molecule has 2 atom stereocenters. The SMILES string of the molecule is CC[C@@H](Sc1ncnc2sc3c(c12)CC[C@@H](C)C3)C(=O)OCc1ccccc1. The summed E-state index contributed by atoms with van der Waals surface area (Å²) in [5, 5.41) is 1.81. The molecule has 1 aromatic carbocycles. The number of benzene rings is 1. The highest BCUT2D eigenvalue weighted by atomic mass is 32.2. The summed E-state index contributed by atoms with van der Waals surface area (Å²) in [7, 11) is 0. The van der Waals surface area contributed by atoms with Crippen molar-refractivity contribution in [3.63, 3.8) is 0 Å². The van der Waals surface area contributed by atoms with Gasteiger partial charge in [-0.1, -0.05) is 55.9 Å². The molecule has 0 saturated carbocycles. The van der Waals surface area contributed by atoms with Crippen LogP contribution in [-0.2, 0) is 29.0 Å². The lowest BCUT2D eigenvalue weighted by molar-refractivity contribution is -0.144. The van der Waals surface area contributed by atoms with E-state index >= 15 is 0 Å². The van der Waals surface area contributed by atoms with E-state index in [0.29, 0.717) is 13.0 Å². The van der Waals surface area contributed by atoms with Gasteiger partial charge < -0.3 is 4.74 Å². The van der Waals surface area contributed by atoms with E-state index in [1.165, 1.54) is 28.6 Å². The maximum absolute atomic E-state index is 12.7. The Balaban J connectivity index is 1.53. The first-order valence-corrected chi connectivity index (χ1v) is 11.5. The first kappa shape index (κ1) is 19.4. The molecule has 146 valence electrons. The number of ether oxygens (including phenoxy) is 1. The molecule has 1 aliphatic carbocycles. The van der Waals surface area contributed by atoms with Gasteiger partial charge in [-0.25, -0.2) is 9.97 Å². The summed E-state index contributed by atoms with van der Waals surface area (Å²) in [5.74, 6) is 0.543. The van der Waals surface area contributed by atoms with Gasteiger partial charge in [-0.15, -0.1) is 11.3 Å². The van der Waals surface area contributed by atoms with E-state index in [1.54, 1.807) is 17.7 Å². The van der Waals surface area contributed by atoms with E-state index in [4.69, 9.17) is 4.74 Å². The topological polar surface area (TPSA) is 52.1 Å². The van der Waals surface area contributed by atoms with Crippen molar-refractivity contribution in [2.75, 3.05) is 0 Å². The number of hydrogen-bond donors (Lipinski definition) is 0. The molecule has 0 radical (unpaired) electrons. The summed E-state index contributed by atoms with van der Waals surface area (Å²) in [5.41, 5.74) is 2.40. The van der Waals surface area contributed by atoms with Crippen LogP contribution in [0.1, 0.15) is 42.7 Å². The third-order valence-corrected chi connectivity index (χ3v) is 7.67. The molecule has 0 bridgehead atoms. The predicted molar refractivity (Wildman–Crippen MR) is 115 cm³/mol. The van der Waals surface area contributed by atoms with Gasteiger partial charge >= 0.3 is 5.97 Å². The lowest BCUT2D eigenvalue weighted by Crippen LogP contribution is -2.19. The van der Waals surface area contributed by atoms with Crippen LogP contribution < -0.4 is 0 Å². The van der Waals surface area contributed by atoms with Crippen molar-refractivity contribution in [2.24, 2.45) is 5.92 Å². The number of thiophene rings is 1. The smallest absolute Gasteiger partial charge is 0.319 e. The monoisotopic (exact) mass is 412 g/mol. The van der Waals surface area contributed by atoms with Crippen molar-refractivity contribution in [1.29, 1.82) is 0 Å². The number of aryl methyl sites for hydroxylation is 1. The molecule has 0 amide bonds. The minimum atomic E-state index is -0.264. The number of rotatable bonds is 6. The van der Waals surface area contributed by atoms with Crippen LogP contribution in [0.4, 0.5) is 0 Å². The van der Waals surface area contributed by atoms with Crippen molar-refractivity contribution in [2.45, 2.75) is 56.4 Å². The summed E-state index contributed by atoms with van der Waals surface area (Å²) in [6, 6.07) is 9.79. The zero-order valence-corrected chi connectivity index (χ0v) is 17.8. The van der Waals surface area contributed by atoms with Gasteiger partial charge in [-0.05, 0) is 42.7 Å². The average Bonchev–Trinajstić information content (AvgIpc) is 3.09. The Bertz CT molecular complexity index is 971. The Morgan fingerprint density at radius 1 is 1.32 bits per heavy atom. The highest BCUT2D eigenvalue weighted by molar-refractivity contribution is 8.00. The lowest BCUT2D eigenvalue weighted by Gasteiger charge is -2.18. The molecule has 6 heteroatoms. The van der Waals surface area contributed by atoms with Gasteiger partial charge in [0.2, 0.25) is 0 Å². The number of fused-ring (bicyclic) bond motifs is 3. The molecule has 3 aromatic rings. The molecule has 28 heavy (non-hydrogen) atoms. The van der Waals surface area contributed by atoms with E-state index in [1.807, 2.05) is 37.3 Å². The lowest BCUT2D eigenvalue weighted by atomic mass is 9.89. The van der Waals surface area contributed by atoms with E-state index in [2.05, 4.69) is 16.9 Å². The number of hydrogen-bond acceptors (Lipinski definition) is 6. The molecule has 4 nitrogen and oxygen atoms in total. The average molecular weight is 413 g/mol. The number of aromatic nitrogens is 2. The summed E-state index contributed by atoms with van der Waals surface area (Å²) < 4.78 is 5.57. The standard InChI is InChI=1S/C22H24N2O2S2/c1-3-17(22(25)26-12-15-7-5-4-6-8-15)27-20-19-16-10-9-14(2)11-18(16)28-21(19)24-13-23-20/h4-8,13-14,17H,3,9-12H2,1-2H3/t14-,17-/m1/s1. The Kier molecular flexibility index (Phi) is 5.97. The van der Waals surface area contributed by atoms with Gasteiger partial charge in [-0.3, -0.25) is 4.79 Å². The molecular formula is C22H24N2O2S2. The third-order valence-electron chi connectivity index (χ3n) is 5.17. The van der Waals surface area contributed by atoms with E-state index in [9.17, 15) is 4.79 Å². The van der Waals surface area contributed by atoms with Gasteiger partial charge in [-0.2, -0.15) is 0 Å². The summed E-state index contributed by atoms with van der Waals surface area (Å²) in [6.07, 6.45) is 5.73. The molecule has 2 heterocycles. The molecular weight excluding hydrogens is 388 g/mol. The van der Waals surface area contributed by atoms with Crippen LogP contribution in [0.25, 0.3) is 10.2 Å². The fourth-order valence-corrected chi connectivity index (χ4v) is 6.05. The molecule has 0 N–H and O–H groups in total. The molecule has 0 spiro atoms. The number of carbonyl (C=O) groups is 1. The fraction of sp³-hybridized carbons (Fsp3) is 0.409. The largest absolute Gasteiger partial charge is 0.460 e. The van der Waals surface area contributed by atoms with E-state index < -0.39 is 0 Å². The molecule has 0 unspecified atom stereocenters. The quantitative estimate of drug-likeness (QED) is 0.307. The van der Waals surface area contributed by atoms with Crippen LogP contribution in [0.15, 0.2) is 41.7 Å². The first-order chi connectivity index (χ1) is 13.7. The predicted octanol–water partition coefficient (Wildman–Crippen LogP) is 5.43. The number of thioether (sulfide) groups is 1. The highest BCUT2D eigenvalue weighted by Gasteiger charge is 2.26. The summed E-state index contributed by atoms with van der Waals surface area (Å²) in [4.78, 5) is 24.2. The second kappa shape index (κ2) is 8.62. The van der Waals surface area contributed by atoms with Crippen molar-refractivity contribution >= 4 is 39.3 Å². The maximum atomic E-state index is 12.7. The van der Waals surface area contributed by atoms with Gasteiger partial charge in [0.25, 0.3) is 0 Å². The Hall–Kier alpha value is -1.92. The molecule has 0 aliphatic heterocycles. The maximum Gasteiger partial charge on any atom is 0.319 e. The van der Waals surface area contributed by atoms with Crippen LogP contribution in [0, 0.1) is 5.92 Å². The number of carbonyl (C=O) groups excluding carboxylic acids is 1. The Morgan fingerprint density at radius 2 is 2.14 bits per heavy atom. The van der Waals surface area contributed by atoms with Gasteiger partial charge in [0, 0.05) is 10.3 Å². The second-order valence-electron chi connectivity index (χ2n) is 7.32. The van der Waals surface area contributed by atoms with E-state index in [0.717, 1.165) is 39.6 Å². The minimum absolute atomic E-state index is 0.180. The summed E-state index contributed by atoms with van der Waals surface area (Å²) >= 11 is 3.31. The first-order valence-electron chi connectivity index (χ1n) is 9.78. The van der Waals surface area contributed by atoms with Crippen molar-refractivity contribution < 1.29 is 9.53 Å². The van der Waals surface area contributed by atoms with Crippen molar-refractivity contribution in [3.05, 3.63) is 52.7 Å². The van der Waals surface area contributed by atoms with Crippen LogP contribution >= 0.6 is 23.1 Å². The van der Waals surface area contributed by atoms with Crippen LogP contribution in [0.5, 0.6) is 0 Å². The molecule has 2 aromatic heterocycles. The Labute approximate surface area is 173 Å². The number of nitrogens with zero attached hydrogens (tertiary/aromatic N) is 2. The molecule has 0 fully saturated rings. The highest BCUT2D eigenvalue weighted by Crippen LogP contribution is 2.41. The number of esters is 1. The normalized spacial score (nSPS) is 17.3. The van der Waals surface area contributed by atoms with Crippen LogP contribution in [0.2, 0.25) is 0 Å². The van der Waals surface area contributed by atoms with Crippen LogP contribution in [-0.4, -0.2) is 21.2 Å². The van der Waals surface area contributed by atoms with E-state index in [-0.39, 0.29) is 11.2 Å². The van der Waals surface area contributed by atoms with Crippen molar-refractivity contribution in [1.82, 2.24) is 9.97 Å². The van der Waals surface area contributed by atoms with Gasteiger partial charge in [0.1, 0.15) is 28.0 Å². The summed E-state index contributed by atoms with van der Waals surface area (Å²) in [6.45, 7) is 4.64. The van der Waals surface area contributed by atoms with Crippen LogP contribution in [0.3, 0.4) is 0 Å².